The average Bonchev–Trinajstić information content (AvgIpc) is 3.17. The fraction of sp³-hybridized carbons (Fsp3) is 0.167. The number of hydrogen-bond donors (Lipinski definition) is 2. The predicted octanol–water partition coefficient (Wildman–Crippen LogP) is 4.28. The topological polar surface area (TPSA) is 67.0 Å². The van der Waals surface area contributed by atoms with E-state index >= 15 is 0 Å². The molecule has 0 fully saturated rings. The summed E-state index contributed by atoms with van der Waals surface area (Å²) in [5.74, 6) is 0.449. The van der Waals surface area contributed by atoms with E-state index in [0.717, 1.165) is 34.2 Å². The highest BCUT2D eigenvalue weighted by Crippen LogP contribution is 2.27. The molecule has 1 amide bonds. The minimum absolute atomic E-state index is 0.0481. The summed E-state index contributed by atoms with van der Waals surface area (Å²) in [5, 5.41) is 11.1. The van der Waals surface area contributed by atoms with Gasteiger partial charge in [-0.15, -0.1) is 0 Å². The summed E-state index contributed by atoms with van der Waals surface area (Å²) >= 11 is 0. The van der Waals surface area contributed by atoms with Crippen LogP contribution in [-0.2, 0) is 17.6 Å². The van der Waals surface area contributed by atoms with Crippen LogP contribution in [0.2, 0.25) is 0 Å². The van der Waals surface area contributed by atoms with Crippen molar-refractivity contribution in [2.75, 3.05) is 13.7 Å². The van der Waals surface area contributed by atoms with Gasteiger partial charge in [0.15, 0.2) is 0 Å². The smallest absolute Gasteiger partial charge is 0.224 e. The highest BCUT2D eigenvalue weighted by molar-refractivity contribution is 5.94. The van der Waals surface area contributed by atoms with Crippen LogP contribution in [0.5, 0.6) is 5.75 Å². The summed E-state index contributed by atoms with van der Waals surface area (Å²) < 4.78 is 18.8. The van der Waals surface area contributed by atoms with Crippen LogP contribution in [0.4, 0.5) is 4.39 Å². The van der Waals surface area contributed by atoms with Gasteiger partial charge in [-0.05, 0) is 53.9 Å². The fourth-order valence-electron chi connectivity index (χ4n) is 3.45. The van der Waals surface area contributed by atoms with Crippen molar-refractivity contribution in [3.63, 3.8) is 0 Å². The number of aromatic amines is 1. The Balaban J connectivity index is 1.42. The van der Waals surface area contributed by atoms with Crippen molar-refractivity contribution in [2.45, 2.75) is 12.8 Å². The lowest BCUT2D eigenvalue weighted by Crippen LogP contribution is -2.27. The predicted molar refractivity (Wildman–Crippen MR) is 115 cm³/mol. The number of ether oxygens (including phenoxy) is 1. The third kappa shape index (κ3) is 4.49. The first kappa shape index (κ1) is 19.6. The number of carbonyl (C=O) groups excluding carboxylic acids is 1. The molecule has 0 aliphatic heterocycles. The van der Waals surface area contributed by atoms with E-state index in [-0.39, 0.29) is 18.1 Å². The second-order valence-corrected chi connectivity index (χ2v) is 7.09. The normalized spacial score (nSPS) is 10.9. The van der Waals surface area contributed by atoms with Crippen LogP contribution in [0, 0.1) is 5.82 Å². The molecule has 0 saturated heterocycles. The lowest BCUT2D eigenvalue weighted by Gasteiger charge is -2.07. The number of amides is 1. The van der Waals surface area contributed by atoms with Gasteiger partial charge in [-0.2, -0.15) is 5.10 Å². The number of aromatic nitrogens is 2. The van der Waals surface area contributed by atoms with Crippen molar-refractivity contribution < 1.29 is 13.9 Å². The van der Waals surface area contributed by atoms with Crippen molar-refractivity contribution in [1.82, 2.24) is 15.5 Å². The van der Waals surface area contributed by atoms with Gasteiger partial charge in [-0.1, -0.05) is 30.3 Å². The minimum atomic E-state index is -0.310. The number of hydrogen-bond acceptors (Lipinski definition) is 3. The van der Waals surface area contributed by atoms with Crippen LogP contribution in [0.15, 0.2) is 66.7 Å². The third-order valence-corrected chi connectivity index (χ3v) is 4.96. The Morgan fingerprint density at radius 3 is 2.77 bits per heavy atom. The van der Waals surface area contributed by atoms with Gasteiger partial charge in [0.2, 0.25) is 5.91 Å². The Bertz CT molecular complexity index is 1190. The van der Waals surface area contributed by atoms with E-state index in [1.807, 2.05) is 48.5 Å². The second-order valence-electron chi connectivity index (χ2n) is 7.09. The third-order valence-electron chi connectivity index (χ3n) is 4.96. The zero-order chi connectivity index (χ0) is 20.9. The van der Waals surface area contributed by atoms with Crippen LogP contribution in [0.25, 0.3) is 22.2 Å². The van der Waals surface area contributed by atoms with E-state index in [9.17, 15) is 9.18 Å². The molecule has 30 heavy (non-hydrogen) atoms. The van der Waals surface area contributed by atoms with Gasteiger partial charge in [0.1, 0.15) is 17.3 Å². The van der Waals surface area contributed by atoms with Gasteiger partial charge < -0.3 is 10.1 Å². The largest absolute Gasteiger partial charge is 0.497 e. The molecule has 0 aliphatic carbocycles. The van der Waals surface area contributed by atoms with Gasteiger partial charge in [-0.25, -0.2) is 4.39 Å². The number of benzene rings is 3. The van der Waals surface area contributed by atoms with E-state index < -0.39 is 0 Å². The molecule has 4 aromatic rings. The van der Waals surface area contributed by atoms with Crippen LogP contribution in [-0.4, -0.2) is 29.8 Å². The molecule has 0 bridgehead atoms. The van der Waals surface area contributed by atoms with Crippen LogP contribution >= 0.6 is 0 Å². The maximum Gasteiger partial charge on any atom is 0.224 e. The molecule has 1 heterocycles. The monoisotopic (exact) mass is 403 g/mol. The Kier molecular flexibility index (Phi) is 5.75. The molecule has 2 N–H and O–H groups in total. The van der Waals surface area contributed by atoms with E-state index in [1.54, 1.807) is 13.2 Å². The van der Waals surface area contributed by atoms with Crippen LogP contribution in [0.1, 0.15) is 11.1 Å². The van der Waals surface area contributed by atoms with Gasteiger partial charge in [0, 0.05) is 17.5 Å². The summed E-state index contributed by atoms with van der Waals surface area (Å²) in [6.45, 7) is 0.550. The molecule has 0 atom stereocenters. The number of H-pyrrole nitrogens is 1. The number of fused-ring (bicyclic) bond motifs is 1. The van der Waals surface area contributed by atoms with Crippen LogP contribution in [0.3, 0.4) is 0 Å². The van der Waals surface area contributed by atoms with E-state index in [0.29, 0.717) is 17.8 Å². The van der Waals surface area contributed by atoms with Crippen molar-refractivity contribution in [3.8, 4) is 17.0 Å². The van der Waals surface area contributed by atoms with E-state index in [2.05, 4.69) is 15.5 Å². The minimum Gasteiger partial charge on any atom is -0.497 e. The van der Waals surface area contributed by atoms with Crippen LogP contribution < -0.4 is 10.1 Å². The van der Waals surface area contributed by atoms with Crippen molar-refractivity contribution >= 4 is 16.8 Å². The summed E-state index contributed by atoms with van der Waals surface area (Å²) in [6.07, 6.45) is 0.995. The second kappa shape index (κ2) is 8.78. The zero-order valence-electron chi connectivity index (χ0n) is 16.6. The molecular formula is C24H22FN3O2. The van der Waals surface area contributed by atoms with Gasteiger partial charge in [-0.3, -0.25) is 9.89 Å². The molecule has 0 unspecified atom stereocenters. The Morgan fingerprint density at radius 2 is 1.93 bits per heavy atom. The zero-order valence-corrected chi connectivity index (χ0v) is 16.6. The van der Waals surface area contributed by atoms with Gasteiger partial charge in [0.05, 0.1) is 19.0 Å². The first-order valence-electron chi connectivity index (χ1n) is 9.75. The molecule has 0 radical (unpaired) electrons. The number of carbonyl (C=O) groups is 1. The molecule has 0 aliphatic rings. The number of rotatable bonds is 7. The van der Waals surface area contributed by atoms with E-state index in [4.69, 9.17) is 4.74 Å². The lowest BCUT2D eigenvalue weighted by molar-refractivity contribution is -0.120. The van der Waals surface area contributed by atoms with Crippen molar-refractivity contribution in [3.05, 3.63) is 83.7 Å². The average molecular weight is 403 g/mol. The first-order chi connectivity index (χ1) is 14.6. The molecule has 152 valence electrons. The number of nitrogens with one attached hydrogen (secondary N) is 2. The molecule has 0 saturated carbocycles. The number of methoxy groups -OCH3 is 1. The molecule has 6 heteroatoms. The molecular weight excluding hydrogens is 381 g/mol. The SMILES string of the molecule is COc1cccc(CCNC(=O)Cc2ccc3[nH]nc(-c4cccc(F)c4)c3c2)c1. The first-order valence-corrected chi connectivity index (χ1v) is 9.75. The summed E-state index contributed by atoms with van der Waals surface area (Å²) in [4.78, 5) is 12.4. The van der Waals surface area contributed by atoms with Gasteiger partial charge >= 0.3 is 0 Å². The molecule has 4 rings (SSSR count). The molecule has 3 aromatic carbocycles. The summed E-state index contributed by atoms with van der Waals surface area (Å²) in [6, 6.07) is 19.9. The number of nitrogens with zero attached hydrogens (tertiary/aromatic N) is 1. The number of halogens is 1. The maximum atomic E-state index is 13.6. The Hall–Kier alpha value is -3.67. The molecule has 1 aromatic heterocycles. The standard InChI is InChI=1S/C24H22FN3O2/c1-30-20-7-2-4-16(12-20)10-11-26-23(29)14-17-8-9-22-21(13-17)24(28-27-22)18-5-3-6-19(25)15-18/h2-9,12-13,15H,10-11,14H2,1H3,(H,26,29)(H,27,28). The summed E-state index contributed by atoms with van der Waals surface area (Å²) in [5.41, 5.74) is 4.19. The molecule has 0 spiro atoms. The van der Waals surface area contributed by atoms with E-state index in [1.165, 1.54) is 12.1 Å². The Morgan fingerprint density at radius 1 is 1.07 bits per heavy atom. The maximum absolute atomic E-state index is 13.6. The van der Waals surface area contributed by atoms with Gasteiger partial charge in [0.25, 0.3) is 0 Å². The summed E-state index contributed by atoms with van der Waals surface area (Å²) in [7, 11) is 1.64. The van der Waals surface area contributed by atoms with Crippen molar-refractivity contribution in [2.24, 2.45) is 0 Å². The highest BCUT2D eigenvalue weighted by Gasteiger charge is 2.11. The fourth-order valence-corrected chi connectivity index (χ4v) is 3.45. The Labute approximate surface area is 173 Å². The quantitative estimate of drug-likeness (QED) is 0.484. The highest BCUT2D eigenvalue weighted by atomic mass is 19.1. The lowest BCUT2D eigenvalue weighted by atomic mass is 10.0. The van der Waals surface area contributed by atoms with Crippen molar-refractivity contribution in [1.29, 1.82) is 0 Å². The molecule has 5 nitrogen and oxygen atoms in total.